The van der Waals surface area contributed by atoms with Gasteiger partial charge in [0.1, 0.15) is 0 Å². The van der Waals surface area contributed by atoms with E-state index in [1.807, 2.05) is 29.0 Å². The molecule has 1 aromatic heterocycles. The molecule has 0 radical (unpaired) electrons. The molecule has 0 bridgehead atoms. The summed E-state index contributed by atoms with van der Waals surface area (Å²) in [4.78, 5) is 16.6. The first kappa shape index (κ1) is 15.1. The van der Waals surface area contributed by atoms with Crippen molar-refractivity contribution in [1.82, 2.24) is 20.0 Å². The van der Waals surface area contributed by atoms with Crippen LogP contribution in [0.25, 0.3) is 0 Å². The maximum Gasteiger partial charge on any atom is 0.239 e. The Morgan fingerprint density at radius 3 is 2.65 bits per heavy atom. The Morgan fingerprint density at radius 2 is 2.10 bits per heavy atom. The Morgan fingerprint density at radius 1 is 1.35 bits per heavy atom. The summed E-state index contributed by atoms with van der Waals surface area (Å²) in [6.45, 7) is 4.39. The summed E-state index contributed by atoms with van der Waals surface area (Å²) >= 11 is 0. The molecular formula is C13H22ClN5O. The third kappa shape index (κ3) is 3.07. The van der Waals surface area contributed by atoms with E-state index in [4.69, 9.17) is 0 Å². The Kier molecular flexibility index (Phi) is 4.88. The van der Waals surface area contributed by atoms with E-state index in [0.29, 0.717) is 0 Å². The number of carbonyl (C=O) groups is 1. The summed E-state index contributed by atoms with van der Waals surface area (Å²) in [5.41, 5.74) is 1.15. The predicted octanol–water partition coefficient (Wildman–Crippen LogP) is 0.243. The van der Waals surface area contributed by atoms with Gasteiger partial charge in [0.25, 0.3) is 0 Å². The molecule has 1 atom stereocenters. The van der Waals surface area contributed by atoms with Gasteiger partial charge in [-0.1, -0.05) is 0 Å². The molecular weight excluding hydrogens is 278 g/mol. The molecule has 3 heterocycles. The first-order valence-corrected chi connectivity index (χ1v) is 7.00. The zero-order valence-electron chi connectivity index (χ0n) is 11.8. The van der Waals surface area contributed by atoms with Crippen LogP contribution in [-0.4, -0.2) is 59.4 Å². The van der Waals surface area contributed by atoms with E-state index < -0.39 is 0 Å². The van der Waals surface area contributed by atoms with Crippen LogP contribution in [0.3, 0.4) is 0 Å². The van der Waals surface area contributed by atoms with Crippen molar-refractivity contribution < 1.29 is 4.79 Å². The van der Waals surface area contributed by atoms with E-state index in [9.17, 15) is 4.79 Å². The van der Waals surface area contributed by atoms with Gasteiger partial charge in [0.05, 0.1) is 17.9 Å². The third-order valence-electron chi connectivity index (χ3n) is 4.01. The lowest BCUT2D eigenvalue weighted by Gasteiger charge is -2.36. The van der Waals surface area contributed by atoms with Crippen molar-refractivity contribution in [2.45, 2.75) is 18.9 Å². The second-order valence-corrected chi connectivity index (χ2v) is 5.33. The molecule has 1 amide bonds. The van der Waals surface area contributed by atoms with Crippen molar-refractivity contribution >= 4 is 24.0 Å². The molecule has 7 heteroatoms. The minimum absolute atomic E-state index is 0. The van der Waals surface area contributed by atoms with E-state index in [2.05, 4.69) is 15.3 Å². The number of hydrogen-bond acceptors (Lipinski definition) is 4. The van der Waals surface area contributed by atoms with Gasteiger partial charge in [-0.25, -0.2) is 0 Å². The maximum atomic E-state index is 12.3. The standard InChI is InChI=1S/C13H21N5O.ClH/c1-16-10-11(9-15-16)17-5-7-18(8-6-17)13(19)12-3-2-4-14-12;/h9-10,12,14H,2-8H2,1H3;1H. The molecule has 0 spiro atoms. The molecule has 0 aliphatic carbocycles. The lowest BCUT2D eigenvalue weighted by Crippen LogP contribution is -2.53. The summed E-state index contributed by atoms with van der Waals surface area (Å²) < 4.78 is 1.81. The molecule has 2 saturated heterocycles. The number of carbonyl (C=O) groups excluding carboxylic acids is 1. The van der Waals surface area contributed by atoms with Crippen LogP contribution in [0.5, 0.6) is 0 Å². The van der Waals surface area contributed by atoms with Gasteiger partial charge in [-0.3, -0.25) is 9.48 Å². The van der Waals surface area contributed by atoms with Gasteiger partial charge >= 0.3 is 0 Å². The summed E-state index contributed by atoms with van der Waals surface area (Å²) in [5, 5.41) is 7.48. The normalized spacial score (nSPS) is 22.8. The number of piperazine rings is 1. The van der Waals surface area contributed by atoms with E-state index >= 15 is 0 Å². The van der Waals surface area contributed by atoms with E-state index in [1.165, 1.54) is 0 Å². The van der Waals surface area contributed by atoms with Crippen LogP contribution in [0, 0.1) is 0 Å². The average Bonchev–Trinajstić information content (AvgIpc) is 3.09. The number of nitrogens with zero attached hydrogens (tertiary/aromatic N) is 4. The number of aromatic nitrogens is 2. The van der Waals surface area contributed by atoms with Crippen molar-refractivity contribution in [3.8, 4) is 0 Å². The van der Waals surface area contributed by atoms with Gasteiger partial charge in [0.15, 0.2) is 0 Å². The van der Waals surface area contributed by atoms with Gasteiger partial charge in [-0.2, -0.15) is 5.10 Å². The zero-order chi connectivity index (χ0) is 13.2. The molecule has 1 aromatic rings. The lowest BCUT2D eigenvalue weighted by atomic mass is 10.2. The SMILES string of the molecule is Cl.Cn1cc(N2CCN(C(=O)C3CCCN3)CC2)cn1. The van der Waals surface area contributed by atoms with E-state index in [1.54, 1.807) is 0 Å². The zero-order valence-corrected chi connectivity index (χ0v) is 12.6. The fourth-order valence-corrected chi connectivity index (χ4v) is 2.87. The Balaban J connectivity index is 0.00000147. The van der Waals surface area contributed by atoms with Gasteiger partial charge < -0.3 is 15.1 Å². The molecule has 2 aliphatic heterocycles. The summed E-state index contributed by atoms with van der Waals surface area (Å²) in [6, 6.07) is 0.0601. The van der Waals surface area contributed by atoms with Crippen molar-refractivity contribution in [2.75, 3.05) is 37.6 Å². The van der Waals surface area contributed by atoms with E-state index in [-0.39, 0.29) is 24.4 Å². The average molecular weight is 300 g/mol. The maximum absolute atomic E-state index is 12.3. The molecule has 3 rings (SSSR count). The fraction of sp³-hybridized carbons (Fsp3) is 0.692. The van der Waals surface area contributed by atoms with Crippen LogP contribution in [0.2, 0.25) is 0 Å². The van der Waals surface area contributed by atoms with Gasteiger partial charge in [0, 0.05) is 39.4 Å². The highest BCUT2D eigenvalue weighted by Gasteiger charge is 2.29. The summed E-state index contributed by atoms with van der Waals surface area (Å²) in [7, 11) is 1.93. The number of amides is 1. The van der Waals surface area contributed by atoms with Crippen molar-refractivity contribution in [2.24, 2.45) is 7.05 Å². The number of nitrogens with one attached hydrogen (secondary N) is 1. The largest absolute Gasteiger partial charge is 0.365 e. The molecule has 2 aliphatic rings. The summed E-state index contributed by atoms with van der Waals surface area (Å²) in [6.07, 6.45) is 6.01. The molecule has 1 unspecified atom stereocenters. The van der Waals surface area contributed by atoms with Crippen LogP contribution in [-0.2, 0) is 11.8 Å². The minimum Gasteiger partial charge on any atom is -0.365 e. The van der Waals surface area contributed by atoms with Crippen molar-refractivity contribution in [3.05, 3.63) is 12.4 Å². The quantitative estimate of drug-likeness (QED) is 0.850. The van der Waals surface area contributed by atoms with Gasteiger partial charge in [0.2, 0.25) is 5.91 Å². The molecule has 1 N–H and O–H groups in total. The van der Waals surface area contributed by atoms with Crippen LogP contribution >= 0.6 is 12.4 Å². The summed E-state index contributed by atoms with van der Waals surface area (Å²) in [5.74, 6) is 0.281. The predicted molar refractivity (Wildman–Crippen MR) is 80.3 cm³/mol. The monoisotopic (exact) mass is 299 g/mol. The van der Waals surface area contributed by atoms with Crippen molar-refractivity contribution in [3.63, 3.8) is 0 Å². The second-order valence-electron chi connectivity index (χ2n) is 5.33. The highest BCUT2D eigenvalue weighted by Crippen LogP contribution is 2.16. The molecule has 0 saturated carbocycles. The van der Waals surface area contributed by atoms with Crippen LogP contribution < -0.4 is 10.2 Å². The van der Waals surface area contributed by atoms with Gasteiger partial charge in [-0.05, 0) is 19.4 Å². The molecule has 20 heavy (non-hydrogen) atoms. The highest BCUT2D eigenvalue weighted by molar-refractivity contribution is 5.85. The lowest BCUT2D eigenvalue weighted by molar-refractivity contribution is -0.133. The minimum atomic E-state index is 0. The fourth-order valence-electron chi connectivity index (χ4n) is 2.87. The van der Waals surface area contributed by atoms with Crippen molar-refractivity contribution in [1.29, 1.82) is 0 Å². The number of rotatable bonds is 2. The molecule has 2 fully saturated rings. The second kappa shape index (κ2) is 6.45. The first-order chi connectivity index (χ1) is 9.24. The topological polar surface area (TPSA) is 53.4 Å². The Hall–Kier alpha value is -1.27. The van der Waals surface area contributed by atoms with Crippen LogP contribution in [0.4, 0.5) is 5.69 Å². The number of halogens is 1. The molecule has 0 aromatic carbocycles. The smallest absolute Gasteiger partial charge is 0.239 e. The number of aryl methyl sites for hydroxylation is 1. The first-order valence-electron chi connectivity index (χ1n) is 7.00. The van der Waals surface area contributed by atoms with E-state index in [0.717, 1.165) is 51.3 Å². The Bertz CT molecular complexity index is 449. The molecule has 112 valence electrons. The number of anilines is 1. The Labute approximate surface area is 125 Å². The van der Waals surface area contributed by atoms with Crippen LogP contribution in [0.15, 0.2) is 12.4 Å². The number of hydrogen-bond donors (Lipinski definition) is 1. The highest BCUT2D eigenvalue weighted by atomic mass is 35.5. The third-order valence-corrected chi connectivity index (χ3v) is 4.01. The molecule has 6 nitrogen and oxygen atoms in total. The van der Waals surface area contributed by atoms with Gasteiger partial charge in [-0.15, -0.1) is 12.4 Å². The van der Waals surface area contributed by atoms with Crippen LogP contribution in [0.1, 0.15) is 12.8 Å².